The molecule has 120 valence electrons. The summed E-state index contributed by atoms with van der Waals surface area (Å²) in [5, 5.41) is 3.08. The Morgan fingerprint density at radius 2 is 2.18 bits per heavy atom. The second-order valence-electron chi connectivity index (χ2n) is 4.92. The van der Waals surface area contributed by atoms with Crippen LogP contribution in [0.3, 0.4) is 0 Å². The molecule has 0 radical (unpaired) electrons. The van der Waals surface area contributed by atoms with Crippen LogP contribution in [0.5, 0.6) is 0 Å². The Kier molecular flexibility index (Phi) is 5.47. The van der Waals surface area contributed by atoms with Gasteiger partial charge in [-0.2, -0.15) is 0 Å². The molecule has 0 saturated carbocycles. The van der Waals surface area contributed by atoms with E-state index >= 15 is 0 Å². The lowest BCUT2D eigenvalue weighted by molar-refractivity contribution is 0.596. The van der Waals surface area contributed by atoms with Crippen molar-refractivity contribution in [2.45, 2.75) is 23.1 Å². The maximum Gasteiger partial charge on any atom is 0.175 e. The summed E-state index contributed by atoms with van der Waals surface area (Å²) in [5.41, 5.74) is 1.04. The van der Waals surface area contributed by atoms with Crippen LogP contribution in [-0.4, -0.2) is 32.8 Å². The Morgan fingerprint density at radius 3 is 2.77 bits per heavy atom. The zero-order valence-electron chi connectivity index (χ0n) is 11.8. The molecule has 1 atom stereocenters. The molecule has 0 fully saturated rings. The van der Waals surface area contributed by atoms with Gasteiger partial charge in [0.25, 0.3) is 0 Å². The predicted octanol–water partition coefficient (Wildman–Crippen LogP) is 3.56. The largest absolute Gasteiger partial charge is 0.382 e. The quantitative estimate of drug-likeness (QED) is 0.641. The summed E-state index contributed by atoms with van der Waals surface area (Å²) in [5.74, 6) is -0.618. The molecule has 0 bridgehead atoms. The van der Waals surface area contributed by atoms with E-state index in [-0.39, 0.29) is 16.0 Å². The molecule has 0 aromatic heterocycles. The topological polar surface area (TPSA) is 58.5 Å². The molecular weight excluding hydrogens is 350 g/mol. The molecule has 1 unspecified atom stereocenters. The lowest BCUT2D eigenvalue weighted by atomic mass is 10.1. The minimum absolute atomic E-state index is 0.0521. The molecule has 0 spiro atoms. The molecule has 1 heterocycles. The van der Waals surface area contributed by atoms with Gasteiger partial charge in [0.1, 0.15) is 11.0 Å². The first-order chi connectivity index (χ1) is 10.3. The molecule has 0 aliphatic carbocycles. The van der Waals surface area contributed by atoms with Gasteiger partial charge in [0.15, 0.2) is 9.84 Å². The highest BCUT2D eigenvalue weighted by Gasteiger charge is 2.18. The van der Waals surface area contributed by atoms with Gasteiger partial charge in [-0.3, -0.25) is 0 Å². The van der Waals surface area contributed by atoms with E-state index in [2.05, 4.69) is 10.3 Å². The molecule has 2 rings (SSSR count). The summed E-state index contributed by atoms with van der Waals surface area (Å²) in [4.78, 5) is 3.96. The molecule has 0 amide bonds. The molecule has 1 aromatic carbocycles. The molecule has 1 N–H and O–H groups in total. The van der Waals surface area contributed by atoms with Crippen LogP contribution in [0.2, 0.25) is 0 Å². The van der Waals surface area contributed by atoms with Crippen LogP contribution in [0.1, 0.15) is 12.8 Å². The highest BCUT2D eigenvalue weighted by molar-refractivity contribution is 7.90. The standard InChI is InChI=1S/C14H15Cl2FN2O2S/c1-22(20,21)9-2-3-13(12(17)8-9)18-6-4-10-11(15)5-7-19-14(10)16/h2-3,7-8,11,18H,4-6H2,1H3. The number of hydrogen-bond acceptors (Lipinski definition) is 4. The third-order valence-electron chi connectivity index (χ3n) is 3.24. The molecule has 4 nitrogen and oxygen atoms in total. The number of halogens is 3. The minimum atomic E-state index is -3.42. The average Bonchev–Trinajstić information content (AvgIpc) is 2.42. The van der Waals surface area contributed by atoms with Crippen LogP contribution < -0.4 is 5.32 Å². The van der Waals surface area contributed by atoms with E-state index < -0.39 is 15.7 Å². The number of hydrogen-bond donors (Lipinski definition) is 1. The van der Waals surface area contributed by atoms with Crippen molar-refractivity contribution in [2.24, 2.45) is 4.99 Å². The molecule has 1 aliphatic rings. The molecular formula is C14H15Cl2FN2O2S. The van der Waals surface area contributed by atoms with E-state index in [1.165, 1.54) is 12.1 Å². The smallest absolute Gasteiger partial charge is 0.175 e. The SMILES string of the molecule is CS(=O)(=O)c1ccc(NCCC2=C(Cl)N=CCC2Cl)c(F)c1. The zero-order valence-corrected chi connectivity index (χ0v) is 14.1. The van der Waals surface area contributed by atoms with Gasteiger partial charge < -0.3 is 5.32 Å². The fraction of sp³-hybridized carbons (Fsp3) is 0.357. The molecule has 1 aliphatic heterocycles. The minimum Gasteiger partial charge on any atom is -0.382 e. The number of sulfone groups is 1. The van der Waals surface area contributed by atoms with E-state index in [0.717, 1.165) is 17.9 Å². The Labute approximate surface area is 138 Å². The summed E-state index contributed by atoms with van der Waals surface area (Å²) >= 11 is 12.1. The Hall–Kier alpha value is -1.11. The molecule has 22 heavy (non-hydrogen) atoms. The molecule has 1 aromatic rings. The van der Waals surface area contributed by atoms with Gasteiger partial charge in [-0.15, -0.1) is 11.6 Å². The van der Waals surface area contributed by atoms with E-state index in [0.29, 0.717) is 24.5 Å². The van der Waals surface area contributed by atoms with Gasteiger partial charge in [-0.1, -0.05) is 11.6 Å². The third-order valence-corrected chi connectivity index (χ3v) is 5.13. The van der Waals surface area contributed by atoms with Crippen molar-refractivity contribution in [2.75, 3.05) is 18.1 Å². The highest BCUT2D eigenvalue weighted by Crippen LogP contribution is 2.27. The fourth-order valence-corrected chi connectivity index (χ4v) is 3.32. The number of aliphatic imine (C=N–C) groups is 1. The van der Waals surface area contributed by atoms with Crippen molar-refractivity contribution in [1.29, 1.82) is 0 Å². The maximum absolute atomic E-state index is 13.9. The number of benzene rings is 1. The van der Waals surface area contributed by atoms with Crippen molar-refractivity contribution in [3.63, 3.8) is 0 Å². The average molecular weight is 365 g/mol. The van der Waals surface area contributed by atoms with E-state index in [9.17, 15) is 12.8 Å². The third kappa shape index (κ3) is 4.21. The summed E-state index contributed by atoms with van der Waals surface area (Å²) in [6, 6.07) is 3.76. The Bertz CT molecular complexity index is 732. The highest BCUT2D eigenvalue weighted by atomic mass is 35.5. The predicted molar refractivity (Wildman–Crippen MR) is 88.2 cm³/mol. The zero-order chi connectivity index (χ0) is 16.3. The monoisotopic (exact) mass is 364 g/mol. The number of rotatable bonds is 5. The maximum atomic E-state index is 13.9. The van der Waals surface area contributed by atoms with E-state index in [1.807, 2.05) is 0 Å². The summed E-state index contributed by atoms with van der Waals surface area (Å²) in [6.45, 7) is 0.416. The van der Waals surface area contributed by atoms with Gasteiger partial charge >= 0.3 is 0 Å². The first kappa shape index (κ1) is 17.2. The van der Waals surface area contributed by atoms with Gasteiger partial charge in [-0.05, 0) is 30.2 Å². The summed E-state index contributed by atoms with van der Waals surface area (Å²) in [6.07, 6.45) is 3.84. The number of nitrogens with one attached hydrogen (secondary N) is 1. The second-order valence-corrected chi connectivity index (χ2v) is 7.82. The Balaban J connectivity index is 2.02. The summed E-state index contributed by atoms with van der Waals surface area (Å²) < 4.78 is 36.6. The van der Waals surface area contributed by atoms with Gasteiger partial charge in [0.2, 0.25) is 0 Å². The number of anilines is 1. The number of nitrogens with zero attached hydrogens (tertiary/aromatic N) is 1. The van der Waals surface area contributed by atoms with Crippen molar-refractivity contribution in [1.82, 2.24) is 0 Å². The second kappa shape index (κ2) is 6.98. The lowest BCUT2D eigenvalue weighted by Gasteiger charge is -2.17. The van der Waals surface area contributed by atoms with Crippen LogP contribution in [-0.2, 0) is 9.84 Å². The van der Waals surface area contributed by atoms with Crippen LogP contribution in [0, 0.1) is 5.82 Å². The Morgan fingerprint density at radius 1 is 1.45 bits per heavy atom. The van der Waals surface area contributed by atoms with Gasteiger partial charge in [0, 0.05) is 25.4 Å². The first-order valence-corrected chi connectivity index (χ1v) is 9.28. The van der Waals surface area contributed by atoms with Crippen LogP contribution in [0.25, 0.3) is 0 Å². The fourth-order valence-electron chi connectivity index (χ4n) is 2.04. The van der Waals surface area contributed by atoms with Crippen molar-refractivity contribution in [3.05, 3.63) is 34.7 Å². The summed E-state index contributed by atoms with van der Waals surface area (Å²) in [7, 11) is -3.42. The van der Waals surface area contributed by atoms with Crippen LogP contribution in [0.15, 0.2) is 38.8 Å². The first-order valence-electron chi connectivity index (χ1n) is 6.57. The van der Waals surface area contributed by atoms with Gasteiger partial charge in [0.05, 0.1) is 16.0 Å². The van der Waals surface area contributed by atoms with Crippen LogP contribution >= 0.6 is 23.2 Å². The van der Waals surface area contributed by atoms with E-state index in [4.69, 9.17) is 23.2 Å². The van der Waals surface area contributed by atoms with Crippen molar-refractivity contribution in [3.8, 4) is 0 Å². The van der Waals surface area contributed by atoms with Gasteiger partial charge in [-0.25, -0.2) is 17.8 Å². The number of alkyl halides is 1. The van der Waals surface area contributed by atoms with Crippen molar-refractivity contribution < 1.29 is 12.8 Å². The van der Waals surface area contributed by atoms with Crippen molar-refractivity contribution >= 4 is 44.9 Å². The van der Waals surface area contributed by atoms with Crippen LogP contribution in [0.4, 0.5) is 10.1 Å². The lowest BCUT2D eigenvalue weighted by Crippen LogP contribution is -2.14. The molecule has 0 saturated heterocycles. The van der Waals surface area contributed by atoms with E-state index in [1.54, 1.807) is 6.21 Å². The molecule has 8 heteroatoms. The normalized spacial score (nSPS) is 18.6.